The summed E-state index contributed by atoms with van der Waals surface area (Å²) in [4.78, 5) is 9.22. The van der Waals surface area contributed by atoms with Crippen molar-refractivity contribution in [2.24, 2.45) is 5.92 Å². The van der Waals surface area contributed by atoms with Crippen LogP contribution in [-0.4, -0.2) is 27.9 Å². The minimum absolute atomic E-state index is 0. The Bertz CT molecular complexity index is 4960. The van der Waals surface area contributed by atoms with Gasteiger partial charge in [-0.15, -0.1) is 59.3 Å². The number of benzene rings is 10. The molecular formula is C71H50N6Pt. The molecule has 7 heteroatoms. The van der Waals surface area contributed by atoms with Crippen molar-refractivity contribution in [3.63, 3.8) is 0 Å². The summed E-state index contributed by atoms with van der Waals surface area (Å²) < 4.78 is 9.09. The summed E-state index contributed by atoms with van der Waals surface area (Å²) in [5.41, 5.74) is 17.7. The Morgan fingerprint density at radius 2 is 0.795 bits per heavy atom. The van der Waals surface area contributed by atoms with Gasteiger partial charge in [0.2, 0.25) is 0 Å². The van der Waals surface area contributed by atoms with Crippen LogP contribution in [0.25, 0.3) is 132 Å². The van der Waals surface area contributed by atoms with Crippen LogP contribution in [0.1, 0.15) is 25.8 Å². The smallest absolute Gasteiger partial charge is 0.340 e. The summed E-state index contributed by atoms with van der Waals surface area (Å²) in [6.45, 7) is 4.59. The Kier molecular flexibility index (Phi) is 11.6. The predicted octanol–water partition coefficient (Wildman–Crippen LogP) is 18.0. The van der Waals surface area contributed by atoms with E-state index in [0.717, 1.165) is 39.5 Å². The van der Waals surface area contributed by atoms with Gasteiger partial charge in [0.1, 0.15) is 0 Å². The van der Waals surface area contributed by atoms with Crippen molar-refractivity contribution >= 4 is 98.3 Å². The first kappa shape index (κ1) is 47.4. The number of nitrogens with zero attached hydrogens (tertiary/aromatic N) is 6. The standard InChI is InChI=1S/C38H30N3.C33H20N3.Pt/c1-3-25(2)22-26-12-16-29(17-13-26)41-36-11-7-6-9-31(36)34-24-28(15-19-37(34)41)27-14-18-35-33(23-27)30-8-4-5-10-32(30)38-39-20-21-40(35)38;1-2-8-24(9-3-1)36-31-13-7-6-11-26(31)29-21-23(15-17-32(29)36)22-14-16-30-28(20-22)25-10-4-5-12-27(25)33-34-18-19-35(30)33;/h4-9,11-21,23-25H,3,22H2,1-2H3;1-11,13-21H;/q2*-1;+2. The van der Waals surface area contributed by atoms with E-state index in [1.807, 2.05) is 36.9 Å². The molecule has 0 aliphatic carbocycles. The normalized spacial score (nSPS) is 12.2. The zero-order valence-electron chi connectivity index (χ0n) is 43.0. The molecular weight excluding hydrogens is 1130 g/mol. The number of imidazole rings is 2. The Labute approximate surface area is 465 Å². The maximum absolute atomic E-state index is 4.62. The molecule has 0 saturated carbocycles. The van der Waals surface area contributed by atoms with Gasteiger partial charge in [0.25, 0.3) is 0 Å². The molecule has 0 aliphatic rings. The quantitative estimate of drug-likeness (QED) is 0.118. The monoisotopic (exact) mass is 1180 g/mol. The van der Waals surface area contributed by atoms with Crippen molar-refractivity contribution in [1.29, 1.82) is 0 Å². The van der Waals surface area contributed by atoms with Crippen LogP contribution >= 0.6 is 0 Å². The Morgan fingerprint density at radius 3 is 1.27 bits per heavy atom. The van der Waals surface area contributed by atoms with E-state index in [0.29, 0.717) is 5.92 Å². The number of pyridine rings is 2. The fourth-order valence-corrected chi connectivity index (χ4v) is 12.1. The summed E-state index contributed by atoms with van der Waals surface area (Å²) in [7, 11) is 0. The number of para-hydroxylation sites is 3. The number of fused-ring (bicyclic) bond motifs is 18. The molecule has 374 valence electrons. The molecule has 1 atom stereocenters. The molecule has 0 amide bonds. The molecule has 16 rings (SSSR count). The minimum Gasteiger partial charge on any atom is -0.340 e. The molecule has 0 N–H and O–H groups in total. The van der Waals surface area contributed by atoms with Gasteiger partial charge < -0.3 is 17.9 Å². The minimum atomic E-state index is 0. The number of rotatable bonds is 7. The molecule has 0 saturated heterocycles. The first-order valence-electron chi connectivity index (χ1n) is 26.7. The van der Waals surface area contributed by atoms with Crippen molar-refractivity contribution in [2.45, 2.75) is 26.7 Å². The third kappa shape index (κ3) is 7.65. The topological polar surface area (TPSA) is 44.5 Å². The van der Waals surface area contributed by atoms with Crippen molar-refractivity contribution in [3.8, 4) is 33.6 Å². The van der Waals surface area contributed by atoms with Crippen molar-refractivity contribution in [2.75, 3.05) is 0 Å². The third-order valence-corrected chi connectivity index (χ3v) is 16.0. The van der Waals surface area contributed by atoms with Gasteiger partial charge in [0.15, 0.2) is 0 Å². The van der Waals surface area contributed by atoms with E-state index < -0.39 is 0 Å². The molecule has 0 radical (unpaired) electrons. The molecule has 0 spiro atoms. The van der Waals surface area contributed by atoms with Gasteiger partial charge in [-0.25, -0.2) is 0 Å². The van der Waals surface area contributed by atoms with E-state index in [1.54, 1.807) is 0 Å². The fraction of sp³-hybridized carbons (Fsp3) is 0.0704. The van der Waals surface area contributed by atoms with Crippen LogP contribution in [0, 0.1) is 18.1 Å². The van der Waals surface area contributed by atoms with E-state index >= 15 is 0 Å². The van der Waals surface area contributed by atoms with E-state index in [9.17, 15) is 0 Å². The Morgan fingerprint density at radius 1 is 0.397 bits per heavy atom. The van der Waals surface area contributed by atoms with Crippen LogP contribution < -0.4 is 0 Å². The molecule has 1 unspecified atom stereocenters. The van der Waals surface area contributed by atoms with Crippen LogP contribution in [0.5, 0.6) is 0 Å². The zero-order valence-corrected chi connectivity index (χ0v) is 45.3. The number of hydrogen-bond donors (Lipinski definition) is 0. The molecule has 6 heterocycles. The van der Waals surface area contributed by atoms with Gasteiger partial charge in [-0.1, -0.05) is 134 Å². The van der Waals surface area contributed by atoms with E-state index in [2.05, 4.69) is 254 Å². The molecule has 6 aromatic heterocycles. The average Bonchev–Trinajstić information content (AvgIpc) is 4.41. The predicted molar refractivity (Wildman–Crippen MR) is 321 cm³/mol. The molecule has 10 aromatic carbocycles. The van der Waals surface area contributed by atoms with Gasteiger partial charge in [0, 0.05) is 68.7 Å². The van der Waals surface area contributed by atoms with Gasteiger partial charge in [0.05, 0.1) is 33.4 Å². The fourth-order valence-electron chi connectivity index (χ4n) is 12.1. The zero-order chi connectivity index (χ0) is 51.1. The summed E-state index contributed by atoms with van der Waals surface area (Å²) in [5, 5.41) is 11.9. The van der Waals surface area contributed by atoms with Crippen LogP contribution in [-0.2, 0) is 27.5 Å². The second-order valence-electron chi connectivity index (χ2n) is 20.5. The summed E-state index contributed by atoms with van der Waals surface area (Å²) in [6, 6.07) is 83.6. The molecule has 78 heavy (non-hydrogen) atoms. The second-order valence-corrected chi connectivity index (χ2v) is 20.5. The largest absolute Gasteiger partial charge is 2.00 e. The van der Waals surface area contributed by atoms with Crippen molar-refractivity contribution in [3.05, 3.63) is 255 Å². The Hall–Kier alpha value is -9.09. The maximum Gasteiger partial charge on any atom is 2.00 e. The SMILES string of the molecule is CCC(C)Cc1ccc(-n2c3ccccc3c3cc(-c4ccc5c(c4)c4ccc[c-]c4c4nccn54)ccc32)cc1.[Pt+2].[c-]1cccc2c1c1nccn1c1ccc(-c3ccc4c(c3)c3ccccc3n4-c3ccccc3)cc21. The molecule has 0 fully saturated rings. The number of aromatic nitrogens is 6. The van der Waals surface area contributed by atoms with Crippen molar-refractivity contribution in [1.82, 2.24) is 27.9 Å². The van der Waals surface area contributed by atoms with Crippen LogP contribution in [0.4, 0.5) is 0 Å². The first-order chi connectivity index (χ1) is 38.1. The summed E-state index contributed by atoms with van der Waals surface area (Å²) in [6.07, 6.45) is 10.1. The molecule has 0 bridgehead atoms. The third-order valence-electron chi connectivity index (χ3n) is 16.0. The van der Waals surface area contributed by atoms with Crippen LogP contribution in [0.3, 0.4) is 0 Å². The first-order valence-corrected chi connectivity index (χ1v) is 26.7. The summed E-state index contributed by atoms with van der Waals surface area (Å²) in [5.74, 6) is 0.699. The van der Waals surface area contributed by atoms with Gasteiger partial charge in [-0.05, 0) is 124 Å². The van der Waals surface area contributed by atoms with Gasteiger partial charge in [-0.3, -0.25) is 9.97 Å². The van der Waals surface area contributed by atoms with E-state index in [-0.39, 0.29) is 21.1 Å². The maximum atomic E-state index is 4.62. The Balaban J connectivity index is 0.000000141. The average molecular weight is 1180 g/mol. The van der Waals surface area contributed by atoms with Gasteiger partial charge in [-0.2, -0.15) is 0 Å². The van der Waals surface area contributed by atoms with Gasteiger partial charge >= 0.3 is 21.1 Å². The molecule has 16 aromatic rings. The molecule has 0 aliphatic heterocycles. The van der Waals surface area contributed by atoms with Crippen LogP contribution in [0.2, 0.25) is 0 Å². The van der Waals surface area contributed by atoms with E-state index in [4.69, 9.17) is 0 Å². The van der Waals surface area contributed by atoms with Crippen LogP contribution in [0.15, 0.2) is 237 Å². The molecule has 6 nitrogen and oxygen atoms in total. The second kappa shape index (κ2) is 19.2. The van der Waals surface area contributed by atoms with Crippen molar-refractivity contribution < 1.29 is 21.1 Å². The number of hydrogen-bond acceptors (Lipinski definition) is 2. The van der Waals surface area contributed by atoms with E-state index in [1.165, 1.54) is 111 Å². The summed E-state index contributed by atoms with van der Waals surface area (Å²) >= 11 is 0.